The zero-order chi connectivity index (χ0) is 11.5. The summed E-state index contributed by atoms with van der Waals surface area (Å²) in [5.74, 6) is 3.51. The Bertz CT molecular complexity index is 191. The summed E-state index contributed by atoms with van der Waals surface area (Å²) in [7, 11) is 0. The molecule has 94 valence electrons. The van der Waals surface area contributed by atoms with E-state index in [4.69, 9.17) is 5.73 Å². The van der Waals surface area contributed by atoms with Gasteiger partial charge in [0.15, 0.2) is 0 Å². The van der Waals surface area contributed by atoms with Gasteiger partial charge in [0.2, 0.25) is 0 Å². The molecule has 0 aromatic rings. The molecular formula is C15H29N. The summed E-state index contributed by atoms with van der Waals surface area (Å²) in [5, 5.41) is 0. The predicted molar refractivity (Wildman–Crippen MR) is 70.2 cm³/mol. The van der Waals surface area contributed by atoms with Gasteiger partial charge in [-0.3, -0.25) is 0 Å². The Morgan fingerprint density at radius 2 is 1.25 bits per heavy atom. The van der Waals surface area contributed by atoms with Crippen molar-refractivity contribution in [1.29, 1.82) is 0 Å². The van der Waals surface area contributed by atoms with Crippen LogP contribution >= 0.6 is 0 Å². The van der Waals surface area contributed by atoms with E-state index >= 15 is 0 Å². The molecular weight excluding hydrogens is 194 g/mol. The fourth-order valence-electron chi connectivity index (χ4n) is 4.05. The summed E-state index contributed by atoms with van der Waals surface area (Å²) in [4.78, 5) is 0. The van der Waals surface area contributed by atoms with Crippen molar-refractivity contribution >= 4 is 0 Å². The molecule has 2 fully saturated rings. The van der Waals surface area contributed by atoms with E-state index in [-0.39, 0.29) is 0 Å². The zero-order valence-electron chi connectivity index (χ0n) is 11.1. The van der Waals surface area contributed by atoms with Crippen LogP contribution in [-0.2, 0) is 0 Å². The van der Waals surface area contributed by atoms with Crippen LogP contribution in [0.4, 0.5) is 0 Å². The maximum absolute atomic E-state index is 6.55. The van der Waals surface area contributed by atoms with Crippen LogP contribution in [0.2, 0.25) is 0 Å². The summed E-state index contributed by atoms with van der Waals surface area (Å²) in [6, 6.07) is 0.505. The molecule has 2 saturated carbocycles. The van der Waals surface area contributed by atoms with Crippen molar-refractivity contribution in [2.24, 2.45) is 29.4 Å². The largest absolute Gasteiger partial charge is 0.327 e. The minimum absolute atomic E-state index is 0.505. The van der Waals surface area contributed by atoms with Crippen molar-refractivity contribution in [1.82, 2.24) is 0 Å². The van der Waals surface area contributed by atoms with Crippen molar-refractivity contribution in [3.63, 3.8) is 0 Å². The van der Waals surface area contributed by atoms with Gasteiger partial charge in [-0.05, 0) is 49.4 Å². The molecule has 4 atom stereocenters. The van der Waals surface area contributed by atoms with E-state index in [0.29, 0.717) is 6.04 Å². The van der Waals surface area contributed by atoms with Gasteiger partial charge in [-0.2, -0.15) is 0 Å². The van der Waals surface area contributed by atoms with Crippen molar-refractivity contribution < 1.29 is 0 Å². The summed E-state index contributed by atoms with van der Waals surface area (Å²) in [6.45, 7) is 4.81. The second-order valence-corrected chi connectivity index (χ2v) is 6.64. The van der Waals surface area contributed by atoms with Crippen LogP contribution in [0.5, 0.6) is 0 Å². The number of nitrogens with two attached hydrogens (primary N) is 1. The highest BCUT2D eigenvalue weighted by Crippen LogP contribution is 2.37. The van der Waals surface area contributed by atoms with E-state index < -0.39 is 0 Å². The van der Waals surface area contributed by atoms with E-state index in [9.17, 15) is 0 Å². The minimum atomic E-state index is 0.505. The van der Waals surface area contributed by atoms with Gasteiger partial charge in [-0.1, -0.05) is 39.5 Å². The molecule has 16 heavy (non-hydrogen) atoms. The third kappa shape index (κ3) is 3.00. The lowest BCUT2D eigenvalue weighted by molar-refractivity contribution is 0.160. The Balaban J connectivity index is 1.87. The molecule has 0 aromatic carbocycles. The van der Waals surface area contributed by atoms with Crippen LogP contribution in [0.3, 0.4) is 0 Å². The molecule has 0 radical (unpaired) electrons. The Labute approximate surface area is 101 Å². The monoisotopic (exact) mass is 223 g/mol. The Kier molecular flexibility index (Phi) is 4.29. The molecule has 4 unspecified atom stereocenters. The van der Waals surface area contributed by atoms with Gasteiger partial charge in [0.1, 0.15) is 0 Å². The number of hydrogen-bond donors (Lipinski definition) is 1. The fraction of sp³-hybridized carbons (Fsp3) is 1.00. The average Bonchev–Trinajstić information content (AvgIpc) is 2.28. The predicted octanol–water partition coefficient (Wildman–Crippen LogP) is 3.97. The van der Waals surface area contributed by atoms with E-state index in [1.807, 2.05) is 0 Å². The first-order valence-corrected chi connectivity index (χ1v) is 7.42. The second-order valence-electron chi connectivity index (χ2n) is 6.64. The van der Waals surface area contributed by atoms with Gasteiger partial charge in [-0.15, -0.1) is 0 Å². The first-order chi connectivity index (χ1) is 7.66. The smallest absolute Gasteiger partial charge is 0.00958 e. The highest BCUT2D eigenvalue weighted by molar-refractivity contribution is 4.86. The van der Waals surface area contributed by atoms with Crippen LogP contribution in [0.1, 0.15) is 65.2 Å². The van der Waals surface area contributed by atoms with Crippen molar-refractivity contribution in [2.75, 3.05) is 0 Å². The first kappa shape index (κ1) is 12.4. The highest BCUT2D eigenvalue weighted by atomic mass is 14.7. The molecule has 0 bridgehead atoms. The van der Waals surface area contributed by atoms with Gasteiger partial charge in [0.25, 0.3) is 0 Å². The zero-order valence-corrected chi connectivity index (χ0v) is 11.1. The highest BCUT2D eigenvalue weighted by Gasteiger charge is 2.31. The van der Waals surface area contributed by atoms with Crippen LogP contribution in [0, 0.1) is 23.7 Å². The maximum atomic E-state index is 6.55. The first-order valence-electron chi connectivity index (χ1n) is 7.42. The van der Waals surface area contributed by atoms with Gasteiger partial charge >= 0.3 is 0 Å². The van der Waals surface area contributed by atoms with Gasteiger partial charge in [-0.25, -0.2) is 0 Å². The molecule has 0 aliphatic heterocycles. The summed E-state index contributed by atoms with van der Waals surface area (Å²) in [6.07, 6.45) is 11.3. The maximum Gasteiger partial charge on any atom is 0.00958 e. The molecule has 2 aliphatic carbocycles. The summed E-state index contributed by atoms with van der Waals surface area (Å²) >= 11 is 0. The third-order valence-corrected chi connectivity index (χ3v) is 5.04. The van der Waals surface area contributed by atoms with Gasteiger partial charge in [0, 0.05) is 6.04 Å². The minimum Gasteiger partial charge on any atom is -0.327 e. The van der Waals surface area contributed by atoms with E-state index in [1.165, 1.54) is 51.4 Å². The number of hydrogen-bond acceptors (Lipinski definition) is 1. The lowest BCUT2D eigenvalue weighted by Crippen LogP contribution is -2.41. The molecule has 0 heterocycles. The molecule has 1 heteroatoms. The van der Waals surface area contributed by atoms with Gasteiger partial charge in [0.05, 0.1) is 0 Å². The van der Waals surface area contributed by atoms with Crippen LogP contribution in [-0.4, -0.2) is 6.04 Å². The van der Waals surface area contributed by atoms with Crippen LogP contribution < -0.4 is 5.73 Å². The Morgan fingerprint density at radius 3 is 1.62 bits per heavy atom. The molecule has 0 spiro atoms. The Morgan fingerprint density at radius 1 is 0.812 bits per heavy atom. The van der Waals surface area contributed by atoms with Crippen molar-refractivity contribution in [3.05, 3.63) is 0 Å². The SMILES string of the molecule is CC1CCCC(C(N)C2CCCC(C)C2)C1. The van der Waals surface area contributed by atoms with Crippen LogP contribution in [0.15, 0.2) is 0 Å². The molecule has 2 N–H and O–H groups in total. The molecule has 0 aromatic heterocycles. The van der Waals surface area contributed by atoms with E-state index in [1.54, 1.807) is 0 Å². The molecule has 1 nitrogen and oxygen atoms in total. The van der Waals surface area contributed by atoms with Crippen molar-refractivity contribution in [3.8, 4) is 0 Å². The molecule has 0 saturated heterocycles. The normalized spacial score (nSPS) is 42.9. The standard InChI is InChI=1S/C15H29N/c1-11-5-3-7-13(9-11)15(16)14-8-4-6-12(2)10-14/h11-15H,3-10,16H2,1-2H3. The Hall–Kier alpha value is -0.0400. The van der Waals surface area contributed by atoms with Crippen LogP contribution in [0.25, 0.3) is 0 Å². The summed E-state index contributed by atoms with van der Waals surface area (Å²) < 4.78 is 0. The van der Waals surface area contributed by atoms with E-state index in [2.05, 4.69) is 13.8 Å². The summed E-state index contributed by atoms with van der Waals surface area (Å²) in [5.41, 5.74) is 6.55. The van der Waals surface area contributed by atoms with E-state index in [0.717, 1.165) is 23.7 Å². The molecule has 2 aliphatic rings. The lowest BCUT2D eigenvalue weighted by Gasteiger charge is -2.38. The average molecular weight is 223 g/mol. The molecule has 2 rings (SSSR count). The quantitative estimate of drug-likeness (QED) is 0.753. The van der Waals surface area contributed by atoms with Gasteiger partial charge < -0.3 is 5.73 Å². The lowest BCUT2D eigenvalue weighted by atomic mass is 9.70. The fourth-order valence-corrected chi connectivity index (χ4v) is 4.05. The molecule has 0 amide bonds. The third-order valence-electron chi connectivity index (χ3n) is 5.04. The topological polar surface area (TPSA) is 26.0 Å². The second kappa shape index (κ2) is 5.53. The number of rotatable bonds is 2. The van der Waals surface area contributed by atoms with Crippen molar-refractivity contribution in [2.45, 2.75) is 71.3 Å².